The maximum Gasteiger partial charge on any atom is 0.328 e. The number of carboxylic acids is 1. The Labute approximate surface area is 201 Å². The number of ketones is 1. The summed E-state index contributed by atoms with van der Waals surface area (Å²) in [6.45, 7) is 7.66. The molecule has 0 aliphatic heterocycles. The van der Waals surface area contributed by atoms with Crippen LogP contribution in [0, 0.1) is 27.7 Å². The summed E-state index contributed by atoms with van der Waals surface area (Å²) in [7, 11) is 0. The third-order valence-corrected chi connectivity index (χ3v) is 6.70. The van der Waals surface area contributed by atoms with Gasteiger partial charge in [0.15, 0.2) is 5.75 Å². The van der Waals surface area contributed by atoms with E-state index in [1.54, 1.807) is 18.2 Å². The zero-order valence-corrected chi connectivity index (χ0v) is 20.1. The van der Waals surface area contributed by atoms with Crippen molar-refractivity contribution in [2.24, 2.45) is 0 Å². The van der Waals surface area contributed by atoms with Crippen LogP contribution in [0.15, 0.2) is 54.6 Å². The van der Waals surface area contributed by atoms with Crippen LogP contribution in [0.25, 0.3) is 16.2 Å². The zero-order chi connectivity index (χ0) is 24.6. The molecule has 4 rings (SSSR count). The number of hydrogen-bond acceptors (Lipinski definition) is 5. The van der Waals surface area contributed by atoms with E-state index in [2.05, 4.69) is 0 Å². The van der Waals surface area contributed by atoms with E-state index in [-0.39, 0.29) is 11.5 Å². The first-order valence-electron chi connectivity index (χ1n) is 10.7. The molecule has 2 N–H and O–H groups in total. The SMILES string of the molecule is Cc1ccc(C(=O)c2sc3cc(O)ccc3c2Oc2c(C)cc(/C=C/C(=O)O)cc2C)c(C)c1. The van der Waals surface area contributed by atoms with Gasteiger partial charge >= 0.3 is 5.97 Å². The monoisotopic (exact) mass is 472 g/mol. The summed E-state index contributed by atoms with van der Waals surface area (Å²) in [5.74, 6) is 0.0235. The quantitative estimate of drug-likeness (QED) is 0.234. The number of carbonyl (C=O) groups excluding carboxylic acids is 1. The average molecular weight is 473 g/mol. The van der Waals surface area contributed by atoms with Gasteiger partial charge in [0.2, 0.25) is 5.78 Å². The van der Waals surface area contributed by atoms with Crippen molar-refractivity contribution in [1.82, 2.24) is 0 Å². The Bertz CT molecular complexity index is 1450. The van der Waals surface area contributed by atoms with E-state index < -0.39 is 5.97 Å². The van der Waals surface area contributed by atoms with Gasteiger partial charge in [-0.25, -0.2) is 4.79 Å². The van der Waals surface area contributed by atoms with Gasteiger partial charge in [-0.05, 0) is 86.4 Å². The third-order valence-electron chi connectivity index (χ3n) is 5.57. The largest absolute Gasteiger partial charge is 0.508 e. The topological polar surface area (TPSA) is 83.8 Å². The third kappa shape index (κ3) is 4.58. The number of aliphatic carboxylic acids is 1. The number of phenolic OH excluding ortho intramolecular Hbond substituents is 1. The number of hydrogen-bond donors (Lipinski definition) is 2. The number of carbonyl (C=O) groups is 2. The number of thiophene rings is 1. The first kappa shape index (κ1) is 23.3. The highest BCUT2D eigenvalue weighted by molar-refractivity contribution is 7.21. The molecule has 0 radical (unpaired) electrons. The lowest BCUT2D eigenvalue weighted by Gasteiger charge is -2.14. The van der Waals surface area contributed by atoms with Gasteiger partial charge in [0.1, 0.15) is 16.4 Å². The Kier molecular flexibility index (Phi) is 6.26. The molecule has 0 atom stereocenters. The van der Waals surface area contributed by atoms with Crippen LogP contribution in [-0.4, -0.2) is 22.0 Å². The second-order valence-electron chi connectivity index (χ2n) is 8.35. The smallest absolute Gasteiger partial charge is 0.328 e. The lowest BCUT2D eigenvalue weighted by molar-refractivity contribution is -0.131. The lowest BCUT2D eigenvalue weighted by atomic mass is 10.0. The van der Waals surface area contributed by atoms with Gasteiger partial charge in [-0.1, -0.05) is 23.8 Å². The van der Waals surface area contributed by atoms with Crippen LogP contribution in [0.1, 0.15) is 43.1 Å². The molecule has 1 heterocycles. The summed E-state index contributed by atoms with van der Waals surface area (Å²) in [5.41, 5.74) is 4.94. The molecular weight excluding hydrogens is 448 g/mol. The highest BCUT2D eigenvalue weighted by Crippen LogP contribution is 2.44. The van der Waals surface area contributed by atoms with Crippen LogP contribution in [0.2, 0.25) is 0 Å². The predicted octanol–water partition coefficient (Wildman–Crippen LogP) is 6.96. The summed E-state index contributed by atoms with van der Waals surface area (Å²) in [4.78, 5) is 24.9. The first-order valence-corrected chi connectivity index (χ1v) is 11.5. The van der Waals surface area contributed by atoms with E-state index in [1.807, 2.05) is 58.0 Å². The Hall–Kier alpha value is -3.90. The van der Waals surface area contributed by atoms with Crippen molar-refractivity contribution in [3.05, 3.63) is 92.9 Å². The van der Waals surface area contributed by atoms with Gasteiger partial charge in [-0.2, -0.15) is 0 Å². The van der Waals surface area contributed by atoms with Gasteiger partial charge < -0.3 is 14.9 Å². The lowest BCUT2D eigenvalue weighted by Crippen LogP contribution is -2.04. The first-order chi connectivity index (χ1) is 16.1. The molecule has 0 unspecified atom stereocenters. The van der Waals surface area contributed by atoms with Crippen LogP contribution >= 0.6 is 11.3 Å². The van der Waals surface area contributed by atoms with Crippen LogP contribution in [0.5, 0.6) is 17.2 Å². The molecule has 5 nitrogen and oxygen atoms in total. The van der Waals surface area contributed by atoms with E-state index in [9.17, 15) is 14.7 Å². The minimum atomic E-state index is -1.02. The van der Waals surface area contributed by atoms with E-state index in [0.29, 0.717) is 21.9 Å². The van der Waals surface area contributed by atoms with Crippen LogP contribution in [0.4, 0.5) is 0 Å². The molecule has 3 aromatic carbocycles. The number of rotatable bonds is 6. The molecule has 0 aliphatic carbocycles. The van der Waals surface area contributed by atoms with E-state index in [0.717, 1.165) is 44.0 Å². The molecule has 1 aromatic heterocycles. The Morgan fingerprint density at radius 3 is 2.24 bits per heavy atom. The van der Waals surface area contributed by atoms with Crippen molar-refractivity contribution in [2.45, 2.75) is 27.7 Å². The molecule has 0 bridgehead atoms. The molecule has 0 aliphatic rings. The van der Waals surface area contributed by atoms with E-state index in [4.69, 9.17) is 9.84 Å². The maximum absolute atomic E-state index is 13.6. The van der Waals surface area contributed by atoms with Gasteiger partial charge in [-0.3, -0.25) is 4.79 Å². The highest BCUT2D eigenvalue weighted by atomic mass is 32.1. The maximum atomic E-state index is 13.6. The fraction of sp³-hybridized carbons (Fsp3) is 0.143. The number of ether oxygens (including phenoxy) is 1. The number of fused-ring (bicyclic) bond motifs is 1. The van der Waals surface area contributed by atoms with Crippen LogP contribution in [0.3, 0.4) is 0 Å². The molecule has 172 valence electrons. The summed E-state index contributed by atoms with van der Waals surface area (Å²) in [5, 5.41) is 19.6. The minimum Gasteiger partial charge on any atom is -0.508 e. The van der Waals surface area contributed by atoms with Crippen molar-refractivity contribution >= 4 is 39.3 Å². The van der Waals surface area contributed by atoms with Gasteiger partial charge in [0, 0.05) is 21.7 Å². The fourth-order valence-corrected chi connectivity index (χ4v) is 5.13. The molecule has 0 saturated carbocycles. The van der Waals surface area contributed by atoms with E-state index in [1.165, 1.54) is 17.4 Å². The summed E-state index contributed by atoms with van der Waals surface area (Å²) in [6, 6.07) is 14.4. The molecule has 0 spiro atoms. The van der Waals surface area contributed by atoms with E-state index >= 15 is 0 Å². The zero-order valence-electron chi connectivity index (χ0n) is 19.3. The summed E-state index contributed by atoms with van der Waals surface area (Å²) in [6.07, 6.45) is 2.62. The molecular formula is C28H24O5S. The van der Waals surface area contributed by atoms with Crippen molar-refractivity contribution in [3.8, 4) is 17.2 Å². The summed E-state index contributed by atoms with van der Waals surface area (Å²) < 4.78 is 7.17. The molecule has 6 heteroatoms. The highest BCUT2D eigenvalue weighted by Gasteiger charge is 2.24. The normalized spacial score (nSPS) is 11.3. The number of benzene rings is 3. The average Bonchev–Trinajstić information content (AvgIpc) is 3.11. The fourth-order valence-electron chi connectivity index (χ4n) is 4.01. The second kappa shape index (κ2) is 9.15. The van der Waals surface area contributed by atoms with Gasteiger partial charge in [-0.15, -0.1) is 11.3 Å². The Morgan fingerprint density at radius 2 is 1.59 bits per heavy atom. The minimum absolute atomic E-state index is 0.118. The number of aromatic hydroxyl groups is 1. The molecule has 0 fully saturated rings. The summed E-state index contributed by atoms with van der Waals surface area (Å²) >= 11 is 1.29. The van der Waals surface area contributed by atoms with Gasteiger partial charge in [0.05, 0.1) is 0 Å². The Balaban J connectivity index is 1.84. The second-order valence-corrected chi connectivity index (χ2v) is 9.40. The van der Waals surface area contributed by atoms with Crippen molar-refractivity contribution in [2.75, 3.05) is 0 Å². The van der Waals surface area contributed by atoms with Crippen molar-refractivity contribution in [1.29, 1.82) is 0 Å². The molecule has 4 aromatic rings. The molecule has 34 heavy (non-hydrogen) atoms. The molecule has 0 saturated heterocycles. The van der Waals surface area contributed by atoms with Gasteiger partial charge in [0.25, 0.3) is 0 Å². The number of carboxylic acid groups (broad SMARTS) is 1. The van der Waals surface area contributed by atoms with Crippen molar-refractivity contribution < 1.29 is 24.5 Å². The number of phenols is 1. The predicted molar refractivity (Wildman–Crippen MR) is 135 cm³/mol. The van der Waals surface area contributed by atoms with Crippen LogP contribution in [-0.2, 0) is 4.79 Å². The standard InChI is InChI=1S/C28H24O5S/c1-15-5-8-21(16(2)11-15)25(32)28-27(22-9-7-20(29)14-23(22)34-28)33-26-17(3)12-19(13-18(26)4)6-10-24(30)31/h5-14,29H,1-4H3,(H,30,31)/b10-6+. The Morgan fingerprint density at radius 1 is 0.882 bits per heavy atom. The van der Waals surface area contributed by atoms with Crippen LogP contribution < -0.4 is 4.74 Å². The number of aryl methyl sites for hydroxylation is 4. The van der Waals surface area contributed by atoms with Crippen molar-refractivity contribution in [3.63, 3.8) is 0 Å². The molecule has 0 amide bonds.